The standard InChI is InChI=1S/C14H17F2N3/c1-14(2,17)6-5-13-18-8-12(19-13)9-3-4-10(15)11(16)7-9/h3-4,7-8H,5-6,17H2,1-2H3,(H,18,19). The van der Waals surface area contributed by atoms with Crippen molar-refractivity contribution in [2.24, 2.45) is 5.73 Å². The maximum Gasteiger partial charge on any atom is 0.159 e. The number of hydrogen-bond acceptors (Lipinski definition) is 2. The van der Waals surface area contributed by atoms with Crippen molar-refractivity contribution in [3.05, 3.63) is 41.9 Å². The summed E-state index contributed by atoms with van der Waals surface area (Å²) < 4.78 is 26.0. The summed E-state index contributed by atoms with van der Waals surface area (Å²) in [7, 11) is 0. The van der Waals surface area contributed by atoms with Crippen molar-refractivity contribution in [2.75, 3.05) is 0 Å². The van der Waals surface area contributed by atoms with Gasteiger partial charge in [0, 0.05) is 17.5 Å². The predicted octanol–water partition coefficient (Wildman–Crippen LogP) is 3.02. The summed E-state index contributed by atoms with van der Waals surface area (Å²) in [5.74, 6) is -0.927. The molecule has 0 fully saturated rings. The van der Waals surface area contributed by atoms with E-state index in [1.807, 2.05) is 13.8 Å². The van der Waals surface area contributed by atoms with Crippen LogP contribution in [0, 0.1) is 11.6 Å². The molecule has 0 atom stereocenters. The second kappa shape index (κ2) is 5.09. The first-order chi connectivity index (χ1) is 8.85. The van der Waals surface area contributed by atoms with Crippen LogP contribution in [0.2, 0.25) is 0 Å². The monoisotopic (exact) mass is 265 g/mol. The molecule has 5 heteroatoms. The molecule has 19 heavy (non-hydrogen) atoms. The molecule has 0 aliphatic rings. The molecule has 1 aromatic heterocycles. The van der Waals surface area contributed by atoms with Crippen LogP contribution >= 0.6 is 0 Å². The number of nitrogens with two attached hydrogens (primary N) is 1. The Morgan fingerprint density at radius 2 is 2.00 bits per heavy atom. The lowest BCUT2D eigenvalue weighted by Crippen LogP contribution is -2.32. The highest BCUT2D eigenvalue weighted by molar-refractivity contribution is 5.58. The number of H-pyrrole nitrogens is 1. The van der Waals surface area contributed by atoms with Crippen molar-refractivity contribution < 1.29 is 8.78 Å². The molecule has 0 spiro atoms. The van der Waals surface area contributed by atoms with Gasteiger partial charge in [-0.25, -0.2) is 13.8 Å². The van der Waals surface area contributed by atoms with Crippen LogP contribution in [0.3, 0.4) is 0 Å². The molecule has 0 unspecified atom stereocenters. The highest BCUT2D eigenvalue weighted by Crippen LogP contribution is 2.20. The Bertz CT molecular complexity index is 570. The summed E-state index contributed by atoms with van der Waals surface area (Å²) in [4.78, 5) is 7.31. The molecule has 0 saturated carbocycles. The predicted molar refractivity (Wildman–Crippen MR) is 70.5 cm³/mol. The third-order valence-corrected chi connectivity index (χ3v) is 2.87. The van der Waals surface area contributed by atoms with Crippen LogP contribution < -0.4 is 5.73 Å². The zero-order chi connectivity index (χ0) is 14.0. The van der Waals surface area contributed by atoms with Crippen LogP contribution in [0.5, 0.6) is 0 Å². The maximum absolute atomic E-state index is 13.2. The molecule has 0 aliphatic heterocycles. The van der Waals surface area contributed by atoms with Gasteiger partial charge in [0.15, 0.2) is 11.6 Å². The van der Waals surface area contributed by atoms with Gasteiger partial charge in [0.2, 0.25) is 0 Å². The number of rotatable bonds is 4. The summed E-state index contributed by atoms with van der Waals surface area (Å²) >= 11 is 0. The quantitative estimate of drug-likeness (QED) is 0.892. The van der Waals surface area contributed by atoms with Crippen LogP contribution in [-0.2, 0) is 6.42 Å². The van der Waals surface area contributed by atoms with E-state index in [9.17, 15) is 8.78 Å². The fourth-order valence-electron chi connectivity index (χ4n) is 1.74. The van der Waals surface area contributed by atoms with Crippen LogP contribution in [-0.4, -0.2) is 15.5 Å². The third kappa shape index (κ3) is 3.61. The number of halogens is 2. The van der Waals surface area contributed by atoms with Crippen molar-refractivity contribution in [3.63, 3.8) is 0 Å². The SMILES string of the molecule is CC(C)(N)CCc1ncc(-c2ccc(F)c(F)c2)[nH]1. The maximum atomic E-state index is 13.2. The summed E-state index contributed by atoms with van der Waals surface area (Å²) in [6, 6.07) is 3.77. The van der Waals surface area contributed by atoms with Crippen molar-refractivity contribution in [3.8, 4) is 11.3 Å². The van der Waals surface area contributed by atoms with E-state index in [0.29, 0.717) is 17.7 Å². The smallest absolute Gasteiger partial charge is 0.159 e. The minimum absolute atomic E-state index is 0.255. The molecule has 0 radical (unpaired) electrons. The molecule has 0 aliphatic carbocycles. The van der Waals surface area contributed by atoms with E-state index in [4.69, 9.17) is 5.73 Å². The molecular weight excluding hydrogens is 248 g/mol. The molecule has 1 heterocycles. The van der Waals surface area contributed by atoms with Crippen LogP contribution in [0.15, 0.2) is 24.4 Å². The van der Waals surface area contributed by atoms with Gasteiger partial charge < -0.3 is 10.7 Å². The van der Waals surface area contributed by atoms with E-state index in [0.717, 1.165) is 24.4 Å². The second-order valence-corrected chi connectivity index (χ2v) is 5.36. The van der Waals surface area contributed by atoms with Crippen molar-refractivity contribution in [1.82, 2.24) is 9.97 Å². The first-order valence-corrected chi connectivity index (χ1v) is 6.13. The van der Waals surface area contributed by atoms with Gasteiger partial charge in [-0.2, -0.15) is 0 Å². The van der Waals surface area contributed by atoms with Gasteiger partial charge in [-0.1, -0.05) is 0 Å². The van der Waals surface area contributed by atoms with Gasteiger partial charge in [-0.3, -0.25) is 0 Å². The third-order valence-electron chi connectivity index (χ3n) is 2.87. The van der Waals surface area contributed by atoms with E-state index < -0.39 is 11.6 Å². The van der Waals surface area contributed by atoms with E-state index in [1.165, 1.54) is 6.07 Å². The summed E-state index contributed by atoms with van der Waals surface area (Å²) in [6.45, 7) is 3.90. The lowest BCUT2D eigenvalue weighted by Gasteiger charge is -2.16. The lowest BCUT2D eigenvalue weighted by atomic mass is 10.0. The number of benzene rings is 1. The first kappa shape index (κ1) is 13.7. The number of nitrogens with zero attached hydrogens (tertiary/aromatic N) is 1. The van der Waals surface area contributed by atoms with Gasteiger partial charge in [0.1, 0.15) is 5.82 Å². The zero-order valence-corrected chi connectivity index (χ0v) is 11.0. The van der Waals surface area contributed by atoms with Crippen LogP contribution in [0.1, 0.15) is 26.1 Å². The van der Waals surface area contributed by atoms with E-state index >= 15 is 0 Å². The number of aromatic nitrogens is 2. The highest BCUT2D eigenvalue weighted by atomic mass is 19.2. The second-order valence-electron chi connectivity index (χ2n) is 5.36. The summed E-state index contributed by atoms with van der Waals surface area (Å²) in [5.41, 5.74) is 6.89. The number of hydrogen-bond donors (Lipinski definition) is 2. The topological polar surface area (TPSA) is 54.7 Å². The van der Waals surface area contributed by atoms with Gasteiger partial charge in [-0.05, 0) is 38.5 Å². The van der Waals surface area contributed by atoms with Gasteiger partial charge in [0.25, 0.3) is 0 Å². The van der Waals surface area contributed by atoms with E-state index in [-0.39, 0.29) is 5.54 Å². The molecule has 2 rings (SSSR count). The van der Waals surface area contributed by atoms with Gasteiger partial charge >= 0.3 is 0 Å². The average Bonchev–Trinajstić information content (AvgIpc) is 2.78. The van der Waals surface area contributed by atoms with Crippen LogP contribution in [0.4, 0.5) is 8.78 Å². The average molecular weight is 265 g/mol. The Labute approximate surface area is 110 Å². The zero-order valence-electron chi connectivity index (χ0n) is 11.0. The minimum Gasteiger partial charge on any atom is -0.342 e. The Morgan fingerprint density at radius 3 is 2.63 bits per heavy atom. The van der Waals surface area contributed by atoms with Crippen molar-refractivity contribution in [1.29, 1.82) is 0 Å². The summed E-state index contributed by atoms with van der Waals surface area (Å²) in [5, 5.41) is 0. The van der Waals surface area contributed by atoms with Crippen LogP contribution in [0.25, 0.3) is 11.3 Å². The van der Waals surface area contributed by atoms with Gasteiger partial charge in [-0.15, -0.1) is 0 Å². The Balaban J connectivity index is 2.14. The highest BCUT2D eigenvalue weighted by Gasteiger charge is 2.12. The number of aromatic amines is 1. The minimum atomic E-state index is -0.864. The van der Waals surface area contributed by atoms with Crippen molar-refractivity contribution >= 4 is 0 Å². The lowest BCUT2D eigenvalue weighted by molar-refractivity contribution is 0.472. The number of imidazole rings is 1. The number of aryl methyl sites for hydroxylation is 1. The molecule has 102 valence electrons. The molecule has 3 N–H and O–H groups in total. The fraction of sp³-hybridized carbons (Fsp3) is 0.357. The Kier molecular flexibility index (Phi) is 3.66. The molecular formula is C14H17F2N3. The Morgan fingerprint density at radius 1 is 1.26 bits per heavy atom. The van der Waals surface area contributed by atoms with E-state index in [2.05, 4.69) is 9.97 Å². The Hall–Kier alpha value is -1.75. The van der Waals surface area contributed by atoms with Gasteiger partial charge in [0.05, 0.1) is 11.9 Å². The normalized spacial score (nSPS) is 11.8. The largest absolute Gasteiger partial charge is 0.342 e. The molecule has 1 aromatic carbocycles. The molecule has 2 aromatic rings. The van der Waals surface area contributed by atoms with E-state index in [1.54, 1.807) is 6.20 Å². The molecule has 0 saturated heterocycles. The number of nitrogens with one attached hydrogen (secondary N) is 1. The first-order valence-electron chi connectivity index (χ1n) is 6.13. The molecule has 3 nitrogen and oxygen atoms in total. The summed E-state index contributed by atoms with van der Waals surface area (Å²) in [6.07, 6.45) is 3.12. The molecule has 0 bridgehead atoms. The molecule has 0 amide bonds. The van der Waals surface area contributed by atoms with Crippen molar-refractivity contribution in [2.45, 2.75) is 32.2 Å². The fourth-order valence-corrected chi connectivity index (χ4v) is 1.74.